The van der Waals surface area contributed by atoms with Gasteiger partial charge in [0.1, 0.15) is 0 Å². The summed E-state index contributed by atoms with van der Waals surface area (Å²) in [5.74, 6) is -0.439. The van der Waals surface area contributed by atoms with E-state index in [4.69, 9.17) is 11.6 Å². The van der Waals surface area contributed by atoms with Gasteiger partial charge in [0.25, 0.3) is 0 Å². The van der Waals surface area contributed by atoms with Crippen LogP contribution in [0.5, 0.6) is 0 Å². The number of hydrogen-bond donors (Lipinski definition) is 1. The van der Waals surface area contributed by atoms with E-state index in [9.17, 15) is 24.5 Å². The minimum absolute atomic E-state index is 0.316. The lowest BCUT2D eigenvalue weighted by molar-refractivity contribution is -0.386. The number of nitrogens with zero attached hydrogens (tertiary/aromatic N) is 2. The van der Waals surface area contributed by atoms with Gasteiger partial charge in [-0.3, -0.25) is 29.3 Å². The Labute approximate surface area is 119 Å². The van der Waals surface area contributed by atoms with E-state index in [2.05, 4.69) is 0 Å². The molecule has 0 atom stereocenters. The number of thiophene rings is 1. The third-order valence-corrected chi connectivity index (χ3v) is 3.62. The van der Waals surface area contributed by atoms with Crippen LogP contribution in [0, 0.1) is 10.1 Å². The number of nitro groups is 1. The highest BCUT2D eigenvalue weighted by Gasteiger charge is 2.17. The van der Waals surface area contributed by atoms with Crippen LogP contribution >= 0.6 is 22.9 Å². The van der Waals surface area contributed by atoms with Crippen molar-refractivity contribution in [3.05, 3.63) is 58.5 Å². The molecule has 2 aromatic rings. The summed E-state index contributed by atoms with van der Waals surface area (Å²) in [4.78, 5) is 46.3. The number of hydrogen-bond acceptors (Lipinski definition) is 6. The monoisotopic (exact) mass is 315 g/mol. The molecule has 0 bridgehead atoms. The SMILES string of the molecule is O=C(Cn1cc([N+](=O)[O-])c(=O)[nH]c1=O)c1ccc(Cl)s1. The fourth-order valence-corrected chi connectivity index (χ4v) is 2.42. The first-order valence-electron chi connectivity index (χ1n) is 5.15. The smallest absolute Gasteiger partial charge is 0.291 e. The molecule has 20 heavy (non-hydrogen) atoms. The van der Waals surface area contributed by atoms with Gasteiger partial charge in [-0.2, -0.15) is 0 Å². The predicted octanol–water partition coefficient (Wildman–Crippen LogP) is 1.04. The van der Waals surface area contributed by atoms with E-state index in [-0.39, 0.29) is 0 Å². The van der Waals surface area contributed by atoms with Gasteiger partial charge in [0.05, 0.1) is 26.9 Å². The maximum absolute atomic E-state index is 11.9. The number of Topliss-reactive ketones (excluding diaryl/α,β-unsaturated/α-hetero) is 1. The van der Waals surface area contributed by atoms with Gasteiger partial charge in [0.2, 0.25) is 0 Å². The quantitative estimate of drug-likeness (QED) is 0.514. The molecule has 0 fully saturated rings. The van der Waals surface area contributed by atoms with E-state index in [1.807, 2.05) is 0 Å². The van der Waals surface area contributed by atoms with E-state index in [0.717, 1.165) is 22.1 Å². The second-order valence-corrected chi connectivity index (χ2v) is 5.40. The molecule has 0 saturated carbocycles. The van der Waals surface area contributed by atoms with Crippen molar-refractivity contribution in [2.75, 3.05) is 0 Å². The Morgan fingerprint density at radius 1 is 1.45 bits per heavy atom. The number of H-pyrrole nitrogens is 1. The minimum atomic E-state index is -1.11. The van der Waals surface area contributed by atoms with Gasteiger partial charge < -0.3 is 0 Å². The number of ketones is 1. The summed E-state index contributed by atoms with van der Waals surface area (Å²) in [6.07, 6.45) is 0.744. The molecule has 0 aromatic carbocycles. The van der Waals surface area contributed by atoms with E-state index < -0.39 is 34.2 Å². The Hall–Kier alpha value is -2.26. The van der Waals surface area contributed by atoms with Crippen LogP contribution in [0.1, 0.15) is 9.67 Å². The molecule has 8 nitrogen and oxygen atoms in total. The van der Waals surface area contributed by atoms with Gasteiger partial charge in [0, 0.05) is 0 Å². The number of aromatic amines is 1. The highest BCUT2D eigenvalue weighted by molar-refractivity contribution is 7.18. The second kappa shape index (κ2) is 5.39. The molecule has 1 N–H and O–H groups in total. The molecular weight excluding hydrogens is 310 g/mol. The van der Waals surface area contributed by atoms with Crippen molar-refractivity contribution in [3.63, 3.8) is 0 Å². The zero-order valence-corrected chi connectivity index (χ0v) is 11.2. The third-order valence-electron chi connectivity index (χ3n) is 2.35. The first-order valence-corrected chi connectivity index (χ1v) is 6.34. The number of rotatable bonds is 4. The Balaban J connectivity index is 2.37. The zero-order valence-electron chi connectivity index (χ0n) is 9.66. The summed E-state index contributed by atoms with van der Waals surface area (Å²) in [7, 11) is 0. The van der Waals surface area contributed by atoms with E-state index in [1.54, 1.807) is 4.98 Å². The van der Waals surface area contributed by atoms with Gasteiger partial charge >= 0.3 is 16.9 Å². The van der Waals surface area contributed by atoms with E-state index >= 15 is 0 Å². The Morgan fingerprint density at radius 2 is 2.15 bits per heavy atom. The summed E-state index contributed by atoms with van der Waals surface area (Å²) >= 11 is 6.72. The molecule has 0 spiro atoms. The average molecular weight is 316 g/mol. The molecule has 0 saturated heterocycles. The Kier molecular flexibility index (Phi) is 3.81. The largest absolute Gasteiger partial charge is 0.350 e. The predicted molar refractivity (Wildman–Crippen MR) is 71.6 cm³/mol. The molecule has 10 heteroatoms. The van der Waals surface area contributed by atoms with Crippen LogP contribution in [0.4, 0.5) is 5.69 Å². The molecular formula is C10H6ClN3O5S. The number of aromatic nitrogens is 2. The highest BCUT2D eigenvalue weighted by Crippen LogP contribution is 2.22. The maximum atomic E-state index is 11.9. The molecule has 2 aromatic heterocycles. The minimum Gasteiger partial charge on any atom is -0.291 e. The molecule has 0 unspecified atom stereocenters. The summed E-state index contributed by atoms with van der Waals surface area (Å²) in [5.41, 5.74) is -2.80. The van der Waals surface area contributed by atoms with Crippen LogP contribution in [-0.4, -0.2) is 20.3 Å². The van der Waals surface area contributed by atoms with Crippen LogP contribution in [0.3, 0.4) is 0 Å². The van der Waals surface area contributed by atoms with Gasteiger partial charge in [-0.15, -0.1) is 11.3 Å². The normalized spacial score (nSPS) is 10.4. The number of nitrogens with one attached hydrogen (secondary N) is 1. The average Bonchev–Trinajstić information content (AvgIpc) is 2.79. The molecule has 2 rings (SSSR count). The number of carbonyl (C=O) groups excluding carboxylic acids is 1. The van der Waals surface area contributed by atoms with Crippen molar-refractivity contribution in [3.8, 4) is 0 Å². The van der Waals surface area contributed by atoms with Gasteiger partial charge in [-0.05, 0) is 12.1 Å². The van der Waals surface area contributed by atoms with Crippen LogP contribution in [0.2, 0.25) is 4.34 Å². The summed E-state index contributed by atoms with van der Waals surface area (Å²) in [6, 6.07) is 3.01. The van der Waals surface area contributed by atoms with E-state index in [1.165, 1.54) is 12.1 Å². The lowest BCUT2D eigenvalue weighted by atomic mass is 10.3. The summed E-state index contributed by atoms with van der Waals surface area (Å²) < 4.78 is 1.18. The van der Waals surface area contributed by atoms with Crippen LogP contribution in [-0.2, 0) is 6.54 Å². The molecule has 0 amide bonds. The third kappa shape index (κ3) is 2.83. The lowest BCUT2D eigenvalue weighted by Crippen LogP contribution is -2.32. The molecule has 104 valence electrons. The van der Waals surface area contributed by atoms with Crippen molar-refractivity contribution in [2.24, 2.45) is 0 Å². The van der Waals surface area contributed by atoms with Crippen LogP contribution in [0.25, 0.3) is 0 Å². The van der Waals surface area contributed by atoms with Gasteiger partial charge in [0.15, 0.2) is 5.78 Å². The van der Waals surface area contributed by atoms with E-state index in [0.29, 0.717) is 9.21 Å². The van der Waals surface area contributed by atoms with Crippen LogP contribution in [0.15, 0.2) is 27.9 Å². The summed E-state index contributed by atoms with van der Waals surface area (Å²) in [5, 5.41) is 10.6. The topological polar surface area (TPSA) is 115 Å². The fourth-order valence-electron chi connectivity index (χ4n) is 1.44. The highest BCUT2D eigenvalue weighted by atomic mass is 35.5. The van der Waals surface area contributed by atoms with Crippen molar-refractivity contribution in [1.29, 1.82) is 0 Å². The first-order chi connectivity index (χ1) is 9.38. The molecule has 0 aliphatic rings. The molecule has 0 aliphatic heterocycles. The number of halogens is 1. The molecule has 2 heterocycles. The second-order valence-electron chi connectivity index (χ2n) is 3.69. The lowest BCUT2D eigenvalue weighted by Gasteiger charge is -2.02. The maximum Gasteiger partial charge on any atom is 0.350 e. The van der Waals surface area contributed by atoms with Crippen molar-refractivity contribution < 1.29 is 9.72 Å². The van der Waals surface area contributed by atoms with Gasteiger partial charge in [-0.1, -0.05) is 11.6 Å². The fraction of sp³-hybridized carbons (Fsp3) is 0.100. The molecule has 0 aliphatic carbocycles. The Morgan fingerprint density at radius 3 is 2.70 bits per heavy atom. The first kappa shape index (κ1) is 14.2. The number of carbonyl (C=O) groups is 1. The Bertz CT molecular complexity index is 806. The standard InChI is InChI=1S/C10H6ClN3O5S/c11-8-2-1-7(20-8)6(15)4-13-3-5(14(18)19)9(16)12-10(13)17/h1-3H,4H2,(H,12,16,17). The van der Waals surface area contributed by atoms with Crippen molar-refractivity contribution in [1.82, 2.24) is 9.55 Å². The molecule has 0 radical (unpaired) electrons. The zero-order chi connectivity index (χ0) is 14.9. The summed E-state index contributed by atoms with van der Waals surface area (Å²) in [6.45, 7) is -0.423. The van der Waals surface area contributed by atoms with Gasteiger partial charge in [-0.25, -0.2) is 4.79 Å². The van der Waals surface area contributed by atoms with Crippen LogP contribution < -0.4 is 11.2 Å². The van der Waals surface area contributed by atoms with Crippen molar-refractivity contribution in [2.45, 2.75) is 6.54 Å². The van der Waals surface area contributed by atoms with Crippen molar-refractivity contribution >= 4 is 34.4 Å².